The van der Waals surface area contributed by atoms with E-state index in [9.17, 15) is 4.79 Å². The SMILES string of the molecule is C=CC(=O)N1CC2(Nc3ncnc4[nH]cc(C5CCOCC5)c34)CCC1CC2. The molecule has 0 spiro atoms. The molecule has 7 nitrogen and oxygen atoms in total. The Bertz CT molecular complexity index is 893. The number of rotatable bonds is 4. The molecule has 0 aromatic carbocycles. The van der Waals surface area contributed by atoms with Crippen LogP contribution >= 0.6 is 0 Å². The van der Waals surface area contributed by atoms with E-state index >= 15 is 0 Å². The number of H-pyrrole nitrogens is 1. The third kappa shape index (κ3) is 2.89. The first-order chi connectivity index (χ1) is 13.7. The first kappa shape index (κ1) is 17.7. The highest BCUT2D eigenvalue weighted by atomic mass is 16.5. The Kier molecular flexibility index (Phi) is 4.34. The van der Waals surface area contributed by atoms with Gasteiger partial charge in [-0.05, 0) is 56.1 Å². The van der Waals surface area contributed by atoms with E-state index in [2.05, 4.69) is 33.0 Å². The average Bonchev–Trinajstić information content (AvgIpc) is 3.19. The van der Waals surface area contributed by atoms with Crippen LogP contribution in [0.15, 0.2) is 25.2 Å². The number of nitrogens with one attached hydrogen (secondary N) is 2. The number of amides is 1. The molecule has 2 aromatic rings. The number of aromatic amines is 1. The largest absolute Gasteiger partial charge is 0.381 e. The minimum atomic E-state index is -0.126. The van der Waals surface area contributed by atoms with Gasteiger partial charge in [-0.15, -0.1) is 0 Å². The van der Waals surface area contributed by atoms with Gasteiger partial charge < -0.3 is 19.9 Å². The van der Waals surface area contributed by atoms with Crippen molar-refractivity contribution in [3.8, 4) is 0 Å². The van der Waals surface area contributed by atoms with E-state index in [1.807, 2.05) is 4.90 Å². The standard InChI is InChI=1S/C21H27N5O2/c1-2-17(27)26-12-21(7-3-15(26)4-8-21)25-20-18-16(14-5-9-28-10-6-14)11-22-19(18)23-13-24-20/h2,11,13-15H,1,3-10,12H2,(H2,22,23,24,25). The molecule has 4 aliphatic rings. The molecular formula is C21H27N5O2. The maximum atomic E-state index is 12.3. The average molecular weight is 381 g/mol. The van der Waals surface area contributed by atoms with Gasteiger partial charge >= 0.3 is 0 Å². The Morgan fingerprint density at radius 2 is 2.07 bits per heavy atom. The molecule has 28 heavy (non-hydrogen) atoms. The van der Waals surface area contributed by atoms with E-state index in [1.54, 1.807) is 6.33 Å². The zero-order chi connectivity index (χ0) is 19.1. The summed E-state index contributed by atoms with van der Waals surface area (Å²) >= 11 is 0. The van der Waals surface area contributed by atoms with Crippen molar-refractivity contribution in [2.45, 2.75) is 56.0 Å². The van der Waals surface area contributed by atoms with Gasteiger partial charge in [0, 0.05) is 32.0 Å². The van der Waals surface area contributed by atoms with Crippen LogP contribution in [0, 0.1) is 0 Å². The van der Waals surface area contributed by atoms with Crippen molar-refractivity contribution >= 4 is 22.8 Å². The predicted molar refractivity (Wildman–Crippen MR) is 107 cm³/mol. The number of anilines is 1. The fourth-order valence-corrected chi connectivity index (χ4v) is 5.28. The maximum Gasteiger partial charge on any atom is 0.246 e. The first-order valence-electron chi connectivity index (χ1n) is 10.3. The highest BCUT2D eigenvalue weighted by molar-refractivity contribution is 5.91. The zero-order valence-electron chi connectivity index (χ0n) is 16.1. The summed E-state index contributed by atoms with van der Waals surface area (Å²) in [7, 11) is 0. The van der Waals surface area contributed by atoms with Gasteiger partial charge in [0.15, 0.2) is 0 Å². The molecule has 5 heterocycles. The van der Waals surface area contributed by atoms with Crippen LogP contribution in [-0.2, 0) is 9.53 Å². The molecule has 1 saturated carbocycles. The minimum absolute atomic E-state index is 0.0351. The van der Waals surface area contributed by atoms with Gasteiger partial charge in [-0.3, -0.25) is 4.79 Å². The van der Waals surface area contributed by atoms with Crippen LogP contribution in [0.1, 0.15) is 50.0 Å². The van der Waals surface area contributed by atoms with Crippen molar-refractivity contribution in [1.82, 2.24) is 19.9 Å². The number of nitrogens with zero attached hydrogens (tertiary/aromatic N) is 3. The van der Waals surface area contributed by atoms with Gasteiger partial charge in [-0.2, -0.15) is 0 Å². The number of hydrogen-bond acceptors (Lipinski definition) is 5. The monoisotopic (exact) mass is 381 g/mol. The van der Waals surface area contributed by atoms with E-state index in [-0.39, 0.29) is 11.4 Å². The summed E-state index contributed by atoms with van der Waals surface area (Å²) in [5.41, 5.74) is 2.03. The maximum absolute atomic E-state index is 12.3. The molecule has 2 bridgehead atoms. The molecule has 1 aliphatic carbocycles. The molecule has 3 aliphatic heterocycles. The molecule has 1 amide bonds. The van der Waals surface area contributed by atoms with Crippen LogP contribution in [0.25, 0.3) is 11.0 Å². The molecular weight excluding hydrogens is 354 g/mol. The highest BCUT2D eigenvalue weighted by Crippen LogP contribution is 2.42. The lowest BCUT2D eigenvalue weighted by Crippen LogP contribution is -2.62. The number of hydrogen-bond donors (Lipinski definition) is 2. The Balaban J connectivity index is 1.48. The summed E-state index contributed by atoms with van der Waals surface area (Å²) < 4.78 is 5.54. The lowest BCUT2D eigenvalue weighted by Gasteiger charge is -2.53. The van der Waals surface area contributed by atoms with Gasteiger partial charge in [-0.25, -0.2) is 9.97 Å². The Labute approximate surface area is 164 Å². The Morgan fingerprint density at radius 3 is 2.82 bits per heavy atom. The van der Waals surface area contributed by atoms with Crippen LogP contribution in [0.2, 0.25) is 0 Å². The van der Waals surface area contributed by atoms with Gasteiger partial charge in [0.05, 0.1) is 10.9 Å². The number of ether oxygens (including phenoxy) is 1. The van der Waals surface area contributed by atoms with Crippen LogP contribution in [0.3, 0.4) is 0 Å². The van der Waals surface area contributed by atoms with Crippen LogP contribution in [0.5, 0.6) is 0 Å². The highest BCUT2D eigenvalue weighted by Gasteiger charge is 2.46. The normalized spacial score (nSPS) is 27.9. The number of carbonyl (C=O) groups excluding carboxylic acids is 1. The van der Waals surface area contributed by atoms with Gasteiger partial charge in [-0.1, -0.05) is 6.58 Å². The van der Waals surface area contributed by atoms with E-state index in [0.717, 1.165) is 68.6 Å². The second-order valence-electron chi connectivity index (χ2n) is 8.38. The molecule has 0 atom stereocenters. The lowest BCUT2D eigenvalue weighted by molar-refractivity contribution is -0.133. The molecule has 2 aromatic heterocycles. The van der Waals surface area contributed by atoms with Crippen molar-refractivity contribution in [1.29, 1.82) is 0 Å². The second-order valence-corrected chi connectivity index (χ2v) is 8.38. The van der Waals surface area contributed by atoms with Crippen molar-refractivity contribution < 1.29 is 9.53 Å². The number of piperidine rings is 2. The fraction of sp³-hybridized carbons (Fsp3) is 0.571. The lowest BCUT2D eigenvalue weighted by atomic mass is 9.73. The van der Waals surface area contributed by atoms with Crippen molar-refractivity contribution in [2.75, 3.05) is 25.1 Å². The van der Waals surface area contributed by atoms with Crippen molar-refractivity contribution in [3.05, 3.63) is 30.7 Å². The molecule has 3 saturated heterocycles. The topological polar surface area (TPSA) is 83.1 Å². The zero-order valence-corrected chi connectivity index (χ0v) is 16.1. The molecule has 6 rings (SSSR count). The number of aromatic nitrogens is 3. The molecule has 148 valence electrons. The Morgan fingerprint density at radius 1 is 1.29 bits per heavy atom. The molecule has 4 fully saturated rings. The number of carbonyl (C=O) groups is 1. The van der Waals surface area contributed by atoms with E-state index in [4.69, 9.17) is 4.74 Å². The molecule has 2 N–H and O–H groups in total. The van der Waals surface area contributed by atoms with E-state index < -0.39 is 0 Å². The summed E-state index contributed by atoms with van der Waals surface area (Å²) in [5.74, 6) is 1.39. The van der Waals surface area contributed by atoms with Gasteiger partial charge in [0.25, 0.3) is 0 Å². The smallest absolute Gasteiger partial charge is 0.246 e. The first-order valence-corrected chi connectivity index (χ1v) is 10.3. The van der Waals surface area contributed by atoms with E-state index in [0.29, 0.717) is 18.5 Å². The summed E-state index contributed by atoms with van der Waals surface area (Å²) in [4.78, 5) is 26.7. The third-order valence-electron chi connectivity index (χ3n) is 6.83. The third-order valence-corrected chi connectivity index (χ3v) is 6.83. The van der Waals surface area contributed by atoms with Gasteiger partial charge in [0.1, 0.15) is 17.8 Å². The number of fused-ring (bicyclic) bond motifs is 4. The quantitative estimate of drug-likeness (QED) is 0.796. The molecule has 0 radical (unpaired) electrons. The summed E-state index contributed by atoms with van der Waals surface area (Å²) in [6, 6.07) is 0.352. The van der Waals surface area contributed by atoms with Crippen LogP contribution in [0.4, 0.5) is 5.82 Å². The second kappa shape index (κ2) is 6.88. The fourth-order valence-electron chi connectivity index (χ4n) is 5.28. The summed E-state index contributed by atoms with van der Waals surface area (Å²) in [6.45, 7) is 6.00. The molecule has 0 unspecified atom stereocenters. The van der Waals surface area contributed by atoms with Crippen molar-refractivity contribution in [2.24, 2.45) is 0 Å². The minimum Gasteiger partial charge on any atom is -0.381 e. The molecule has 7 heteroatoms. The Hall–Kier alpha value is -2.41. The predicted octanol–water partition coefficient (Wildman–Crippen LogP) is 2.97. The van der Waals surface area contributed by atoms with Crippen LogP contribution in [-0.4, -0.2) is 57.1 Å². The van der Waals surface area contributed by atoms with Crippen molar-refractivity contribution in [3.63, 3.8) is 0 Å². The van der Waals surface area contributed by atoms with Gasteiger partial charge in [0.2, 0.25) is 5.91 Å². The summed E-state index contributed by atoms with van der Waals surface area (Å²) in [6.07, 6.45) is 11.4. The van der Waals surface area contributed by atoms with E-state index in [1.165, 1.54) is 11.6 Å². The summed E-state index contributed by atoms with van der Waals surface area (Å²) in [5, 5.41) is 4.86. The van der Waals surface area contributed by atoms with Crippen LogP contribution < -0.4 is 5.32 Å².